The van der Waals surface area contributed by atoms with Gasteiger partial charge in [0, 0.05) is 32.2 Å². The molecular weight excluding hydrogens is 263 g/mol. The normalized spacial score (nSPS) is 17.8. The Labute approximate surface area is 121 Å². The summed E-state index contributed by atoms with van der Waals surface area (Å²) in [6, 6.07) is 6.61. The van der Waals surface area contributed by atoms with Gasteiger partial charge in [0.1, 0.15) is 0 Å². The number of piperazine rings is 1. The first-order chi connectivity index (χ1) is 8.74. The van der Waals surface area contributed by atoms with Crippen molar-refractivity contribution in [2.75, 3.05) is 32.9 Å². The van der Waals surface area contributed by atoms with Crippen LogP contribution in [0.5, 0.6) is 0 Å². The lowest BCUT2D eigenvalue weighted by molar-refractivity contribution is 0.157. The smallest absolute Gasteiger partial charge is 0.0912 e. The van der Waals surface area contributed by atoms with Crippen LogP contribution in [0.2, 0.25) is 0 Å². The van der Waals surface area contributed by atoms with Crippen LogP contribution in [-0.4, -0.2) is 37.8 Å². The van der Waals surface area contributed by atoms with Crippen molar-refractivity contribution in [2.45, 2.75) is 26.3 Å². The molecule has 1 aromatic rings. The number of alkyl halides is 1. The molecule has 0 spiro atoms. The number of hydrogen-bond acceptors (Lipinski definition) is 2. The number of hydrogen-bond donors (Lipinski definition) is 1. The maximum absolute atomic E-state index is 12.9. The first kappa shape index (κ1) is 16.4. The Hall–Kier alpha value is -0.640. The quantitative estimate of drug-likeness (QED) is 0.915. The number of halogens is 2. The Morgan fingerprint density at radius 3 is 2.58 bits per heavy atom. The van der Waals surface area contributed by atoms with Crippen LogP contribution in [-0.2, 0) is 0 Å². The fourth-order valence-electron chi connectivity index (χ4n) is 2.77. The van der Waals surface area contributed by atoms with Gasteiger partial charge in [-0.2, -0.15) is 0 Å². The molecule has 2 rings (SSSR count). The van der Waals surface area contributed by atoms with Crippen molar-refractivity contribution in [1.29, 1.82) is 0 Å². The first-order valence-electron chi connectivity index (χ1n) is 6.81. The number of nitrogens with zero attached hydrogens (tertiary/aromatic N) is 1. The lowest BCUT2D eigenvalue weighted by Crippen LogP contribution is -2.45. The van der Waals surface area contributed by atoms with Gasteiger partial charge in [-0.15, -0.1) is 12.4 Å². The molecule has 0 saturated carbocycles. The van der Waals surface area contributed by atoms with Crippen LogP contribution in [0.3, 0.4) is 0 Å². The topological polar surface area (TPSA) is 15.3 Å². The first-order valence-corrected chi connectivity index (χ1v) is 6.81. The predicted molar refractivity (Wildman–Crippen MR) is 80.9 cm³/mol. The van der Waals surface area contributed by atoms with Gasteiger partial charge in [0.2, 0.25) is 0 Å². The van der Waals surface area contributed by atoms with Gasteiger partial charge in [-0.1, -0.05) is 18.2 Å². The molecule has 1 saturated heterocycles. The molecular formula is C15H24ClFN2. The van der Waals surface area contributed by atoms with Crippen LogP contribution in [0, 0.1) is 13.8 Å². The Balaban J connectivity index is 0.00000180. The maximum Gasteiger partial charge on any atom is 0.0912 e. The summed E-state index contributed by atoms with van der Waals surface area (Å²) in [5, 5.41) is 3.35. The number of aryl methyl sites for hydroxylation is 1. The van der Waals surface area contributed by atoms with Crippen LogP contribution in [0.1, 0.15) is 29.2 Å². The lowest BCUT2D eigenvalue weighted by Gasteiger charge is -2.35. The molecule has 0 aromatic heterocycles. The Morgan fingerprint density at radius 2 is 1.95 bits per heavy atom. The van der Waals surface area contributed by atoms with E-state index in [1.54, 1.807) is 0 Å². The highest BCUT2D eigenvalue weighted by atomic mass is 35.5. The van der Waals surface area contributed by atoms with Gasteiger partial charge in [0.05, 0.1) is 6.67 Å². The van der Waals surface area contributed by atoms with E-state index in [1.807, 2.05) is 0 Å². The van der Waals surface area contributed by atoms with E-state index in [0.29, 0.717) is 6.42 Å². The van der Waals surface area contributed by atoms with E-state index in [1.165, 1.54) is 16.7 Å². The summed E-state index contributed by atoms with van der Waals surface area (Å²) in [6.07, 6.45) is 0.601. The van der Waals surface area contributed by atoms with Crippen molar-refractivity contribution in [2.24, 2.45) is 0 Å². The second-order valence-corrected chi connectivity index (χ2v) is 5.07. The minimum Gasteiger partial charge on any atom is -0.314 e. The van der Waals surface area contributed by atoms with E-state index in [-0.39, 0.29) is 25.1 Å². The summed E-state index contributed by atoms with van der Waals surface area (Å²) in [7, 11) is 0. The monoisotopic (exact) mass is 286 g/mol. The maximum atomic E-state index is 12.9. The van der Waals surface area contributed by atoms with Gasteiger partial charge in [-0.3, -0.25) is 9.29 Å². The molecule has 4 heteroatoms. The van der Waals surface area contributed by atoms with Gasteiger partial charge in [0.15, 0.2) is 0 Å². The Kier molecular flexibility index (Phi) is 6.76. The van der Waals surface area contributed by atoms with Gasteiger partial charge in [0.25, 0.3) is 0 Å². The molecule has 1 aliphatic heterocycles. The molecule has 0 amide bonds. The highest BCUT2D eigenvalue weighted by Gasteiger charge is 2.23. The minimum absolute atomic E-state index is 0. The fourth-order valence-corrected chi connectivity index (χ4v) is 2.77. The van der Waals surface area contributed by atoms with E-state index in [2.05, 4.69) is 42.3 Å². The molecule has 0 bridgehead atoms. The van der Waals surface area contributed by atoms with Gasteiger partial charge in [-0.25, -0.2) is 0 Å². The van der Waals surface area contributed by atoms with Crippen LogP contribution in [0.25, 0.3) is 0 Å². The predicted octanol–water partition coefficient (Wildman–Crippen LogP) is 3.03. The van der Waals surface area contributed by atoms with Crippen molar-refractivity contribution in [3.63, 3.8) is 0 Å². The summed E-state index contributed by atoms with van der Waals surface area (Å²) in [5.74, 6) is 0. The molecule has 0 unspecified atom stereocenters. The van der Waals surface area contributed by atoms with Crippen molar-refractivity contribution in [3.8, 4) is 0 Å². The second-order valence-electron chi connectivity index (χ2n) is 5.07. The Bertz CT molecular complexity index is 392. The van der Waals surface area contributed by atoms with Gasteiger partial charge >= 0.3 is 0 Å². The van der Waals surface area contributed by atoms with Crippen LogP contribution >= 0.6 is 12.4 Å². The van der Waals surface area contributed by atoms with E-state index in [4.69, 9.17) is 0 Å². The molecule has 1 aromatic carbocycles. The zero-order valence-corrected chi connectivity index (χ0v) is 12.6. The average Bonchev–Trinajstić information content (AvgIpc) is 2.41. The number of benzene rings is 1. The summed E-state index contributed by atoms with van der Waals surface area (Å²) < 4.78 is 12.9. The third kappa shape index (κ3) is 3.91. The zero-order valence-electron chi connectivity index (χ0n) is 11.8. The van der Waals surface area contributed by atoms with Crippen molar-refractivity contribution < 1.29 is 4.39 Å². The van der Waals surface area contributed by atoms with Crippen molar-refractivity contribution in [1.82, 2.24) is 10.2 Å². The number of rotatable bonds is 4. The highest BCUT2D eigenvalue weighted by Crippen LogP contribution is 2.28. The zero-order chi connectivity index (χ0) is 13.0. The summed E-state index contributed by atoms with van der Waals surface area (Å²) in [5.41, 5.74) is 3.91. The van der Waals surface area contributed by atoms with Crippen LogP contribution in [0.15, 0.2) is 18.2 Å². The summed E-state index contributed by atoms with van der Waals surface area (Å²) in [6.45, 7) is 8.07. The molecule has 1 aliphatic rings. The molecule has 1 atom stereocenters. The third-order valence-electron chi connectivity index (χ3n) is 3.98. The largest absolute Gasteiger partial charge is 0.314 e. The SMILES string of the molecule is Cc1cccc([C@@H](CCF)N2CCNCC2)c1C.Cl. The van der Waals surface area contributed by atoms with Gasteiger partial charge in [-0.05, 0) is 37.0 Å². The molecule has 1 fully saturated rings. The third-order valence-corrected chi connectivity index (χ3v) is 3.98. The fraction of sp³-hybridized carbons (Fsp3) is 0.600. The molecule has 0 radical (unpaired) electrons. The molecule has 1 heterocycles. The van der Waals surface area contributed by atoms with E-state index >= 15 is 0 Å². The average molecular weight is 287 g/mol. The summed E-state index contributed by atoms with van der Waals surface area (Å²) in [4.78, 5) is 2.41. The van der Waals surface area contributed by atoms with Crippen molar-refractivity contribution >= 4 is 12.4 Å². The highest BCUT2D eigenvalue weighted by molar-refractivity contribution is 5.85. The van der Waals surface area contributed by atoms with E-state index in [9.17, 15) is 4.39 Å². The molecule has 19 heavy (non-hydrogen) atoms. The lowest BCUT2D eigenvalue weighted by atomic mass is 9.94. The Morgan fingerprint density at radius 1 is 1.26 bits per heavy atom. The minimum atomic E-state index is -0.248. The van der Waals surface area contributed by atoms with Crippen molar-refractivity contribution in [3.05, 3.63) is 34.9 Å². The molecule has 2 nitrogen and oxygen atoms in total. The molecule has 0 aliphatic carbocycles. The standard InChI is InChI=1S/C15H23FN2.ClH/c1-12-4-3-5-14(13(12)2)15(6-7-16)18-10-8-17-9-11-18;/h3-5,15,17H,6-11H2,1-2H3;1H/t15-;/m1./s1. The molecule has 1 N–H and O–H groups in total. The second kappa shape index (κ2) is 7.83. The summed E-state index contributed by atoms with van der Waals surface area (Å²) >= 11 is 0. The number of nitrogens with one attached hydrogen (secondary N) is 1. The van der Waals surface area contributed by atoms with Crippen LogP contribution in [0.4, 0.5) is 4.39 Å². The van der Waals surface area contributed by atoms with E-state index < -0.39 is 0 Å². The van der Waals surface area contributed by atoms with Gasteiger partial charge < -0.3 is 5.32 Å². The molecule has 108 valence electrons. The van der Waals surface area contributed by atoms with E-state index in [0.717, 1.165) is 26.2 Å². The van der Waals surface area contributed by atoms with Crippen LogP contribution < -0.4 is 5.32 Å².